The summed E-state index contributed by atoms with van der Waals surface area (Å²) in [4.78, 5) is 15.9. The van der Waals surface area contributed by atoms with E-state index < -0.39 is 32.5 Å². The Bertz CT molecular complexity index is 746. The standard InChI is InChI=1S/C20H31FN2O4Si/c1-19(2,3)28(5,6)27-20(4)12-22(13-20)17-16(11-24)26-18(25)23(17)15-9-7-8-14(21)10-15/h7-10,16-17,24H,11-13H2,1-6H3. The van der Waals surface area contributed by atoms with Crippen molar-refractivity contribution in [2.45, 2.75) is 63.7 Å². The number of rotatable bonds is 5. The molecule has 1 aromatic carbocycles. The number of hydrogen-bond acceptors (Lipinski definition) is 5. The van der Waals surface area contributed by atoms with E-state index in [9.17, 15) is 14.3 Å². The number of carbonyl (C=O) groups is 1. The molecule has 8 heteroatoms. The van der Waals surface area contributed by atoms with E-state index in [1.807, 2.05) is 0 Å². The van der Waals surface area contributed by atoms with E-state index >= 15 is 0 Å². The first-order valence-electron chi connectivity index (χ1n) is 9.67. The van der Waals surface area contributed by atoms with Crippen LogP contribution in [-0.4, -0.2) is 62.0 Å². The quantitative estimate of drug-likeness (QED) is 0.752. The fourth-order valence-electron chi connectivity index (χ4n) is 3.77. The maximum atomic E-state index is 13.7. The summed E-state index contributed by atoms with van der Waals surface area (Å²) in [6, 6.07) is 5.86. The van der Waals surface area contributed by atoms with Gasteiger partial charge in [-0.15, -0.1) is 0 Å². The van der Waals surface area contributed by atoms with Crippen LogP contribution in [0.2, 0.25) is 18.1 Å². The first-order valence-corrected chi connectivity index (χ1v) is 12.6. The molecule has 0 radical (unpaired) electrons. The molecule has 0 aromatic heterocycles. The molecule has 2 saturated heterocycles. The Morgan fingerprint density at radius 1 is 1.36 bits per heavy atom. The second-order valence-electron chi connectivity index (χ2n) is 9.59. The molecule has 156 valence electrons. The summed E-state index contributed by atoms with van der Waals surface area (Å²) in [7, 11) is -1.94. The Labute approximate surface area is 167 Å². The SMILES string of the molecule is CC1(O[Si](C)(C)C(C)(C)C)CN(C2C(CO)OC(=O)N2c2cccc(F)c2)C1. The summed E-state index contributed by atoms with van der Waals surface area (Å²) >= 11 is 0. The Balaban J connectivity index is 1.79. The van der Waals surface area contributed by atoms with Crippen molar-refractivity contribution in [1.29, 1.82) is 0 Å². The lowest BCUT2D eigenvalue weighted by atomic mass is 9.95. The molecule has 3 rings (SSSR count). The molecule has 0 aliphatic carbocycles. The molecule has 2 heterocycles. The maximum Gasteiger partial charge on any atom is 0.416 e. The summed E-state index contributed by atoms with van der Waals surface area (Å²) in [6.45, 7) is 14.1. The Morgan fingerprint density at radius 3 is 2.54 bits per heavy atom. The van der Waals surface area contributed by atoms with Crippen molar-refractivity contribution >= 4 is 20.1 Å². The lowest BCUT2D eigenvalue weighted by molar-refractivity contribution is -0.105. The number of cyclic esters (lactones) is 1. The van der Waals surface area contributed by atoms with Crippen LogP contribution < -0.4 is 4.90 Å². The third kappa shape index (κ3) is 3.83. The molecule has 2 fully saturated rings. The lowest BCUT2D eigenvalue weighted by Crippen LogP contribution is -2.71. The van der Waals surface area contributed by atoms with Crippen molar-refractivity contribution in [3.8, 4) is 0 Å². The predicted octanol–water partition coefficient (Wildman–Crippen LogP) is 3.57. The van der Waals surface area contributed by atoms with Gasteiger partial charge in [-0.05, 0) is 43.3 Å². The van der Waals surface area contributed by atoms with Gasteiger partial charge in [0.05, 0.1) is 17.9 Å². The van der Waals surface area contributed by atoms with Crippen LogP contribution in [0.4, 0.5) is 14.9 Å². The van der Waals surface area contributed by atoms with Gasteiger partial charge in [-0.1, -0.05) is 26.8 Å². The van der Waals surface area contributed by atoms with E-state index in [4.69, 9.17) is 9.16 Å². The third-order valence-electron chi connectivity index (χ3n) is 6.07. The Hall–Kier alpha value is -1.48. The average Bonchev–Trinajstić information content (AvgIpc) is 2.87. The molecule has 1 N–H and O–H groups in total. The first kappa shape index (κ1) is 21.2. The summed E-state index contributed by atoms with van der Waals surface area (Å²) in [6.07, 6.45) is -1.75. The minimum Gasteiger partial charge on any atom is -0.440 e. The van der Waals surface area contributed by atoms with Crippen molar-refractivity contribution in [3.05, 3.63) is 30.1 Å². The largest absolute Gasteiger partial charge is 0.440 e. The van der Waals surface area contributed by atoms with Gasteiger partial charge in [-0.3, -0.25) is 9.80 Å². The smallest absolute Gasteiger partial charge is 0.416 e. The fraction of sp³-hybridized carbons (Fsp3) is 0.650. The molecule has 1 amide bonds. The molecule has 0 saturated carbocycles. The molecule has 2 aliphatic rings. The maximum absolute atomic E-state index is 13.7. The number of ether oxygens (including phenoxy) is 1. The van der Waals surface area contributed by atoms with Gasteiger partial charge in [0, 0.05) is 13.1 Å². The summed E-state index contributed by atoms with van der Waals surface area (Å²) in [5, 5.41) is 9.84. The van der Waals surface area contributed by atoms with Gasteiger partial charge < -0.3 is 14.3 Å². The molecule has 28 heavy (non-hydrogen) atoms. The number of hydrogen-bond donors (Lipinski definition) is 1. The lowest BCUT2D eigenvalue weighted by Gasteiger charge is -2.55. The summed E-state index contributed by atoms with van der Waals surface area (Å²) in [5.41, 5.74) is 0.104. The molecule has 0 spiro atoms. The highest BCUT2D eigenvalue weighted by Crippen LogP contribution is 2.43. The average molecular weight is 411 g/mol. The topological polar surface area (TPSA) is 62.2 Å². The van der Waals surface area contributed by atoms with Crippen molar-refractivity contribution in [3.63, 3.8) is 0 Å². The first-order chi connectivity index (χ1) is 12.9. The van der Waals surface area contributed by atoms with Crippen LogP contribution in [-0.2, 0) is 9.16 Å². The van der Waals surface area contributed by atoms with Crippen molar-refractivity contribution in [2.24, 2.45) is 0 Å². The van der Waals surface area contributed by atoms with Crippen molar-refractivity contribution < 1.29 is 23.5 Å². The van der Waals surface area contributed by atoms with Crippen molar-refractivity contribution in [1.82, 2.24) is 4.90 Å². The van der Waals surface area contributed by atoms with Gasteiger partial charge in [0.2, 0.25) is 0 Å². The molecule has 1 aromatic rings. The Kier molecular flexibility index (Phi) is 5.37. The van der Waals surface area contributed by atoms with Crippen molar-refractivity contribution in [2.75, 3.05) is 24.6 Å². The number of likely N-dealkylation sites (tertiary alicyclic amines) is 1. The summed E-state index contributed by atoms with van der Waals surface area (Å²) in [5.74, 6) is -0.425. The molecule has 2 atom stereocenters. The number of halogens is 1. The van der Waals surface area contributed by atoms with E-state index in [0.717, 1.165) is 0 Å². The Morgan fingerprint density at radius 2 is 2.00 bits per heavy atom. The number of nitrogens with zero attached hydrogens (tertiary/aromatic N) is 2. The highest BCUT2D eigenvalue weighted by atomic mass is 28.4. The summed E-state index contributed by atoms with van der Waals surface area (Å²) < 4.78 is 25.7. The molecule has 2 unspecified atom stereocenters. The van der Waals surface area contributed by atoms with Crippen LogP contribution in [0.25, 0.3) is 0 Å². The number of benzene rings is 1. The molecular weight excluding hydrogens is 379 g/mol. The van der Waals surface area contributed by atoms with E-state index in [1.54, 1.807) is 12.1 Å². The molecular formula is C20H31FN2O4Si. The number of aliphatic hydroxyl groups is 1. The number of aliphatic hydroxyl groups excluding tert-OH is 1. The minimum atomic E-state index is -1.94. The van der Waals surface area contributed by atoms with Gasteiger partial charge >= 0.3 is 6.09 Å². The van der Waals surface area contributed by atoms with E-state index in [-0.39, 0.29) is 17.2 Å². The van der Waals surface area contributed by atoms with Crippen LogP contribution in [0.3, 0.4) is 0 Å². The second-order valence-corrected chi connectivity index (χ2v) is 14.3. The normalized spacial score (nSPS) is 25.6. The second kappa shape index (κ2) is 7.09. The van der Waals surface area contributed by atoms with Gasteiger partial charge in [0.25, 0.3) is 0 Å². The van der Waals surface area contributed by atoms with Gasteiger partial charge in [-0.25, -0.2) is 9.18 Å². The fourth-order valence-corrected chi connectivity index (χ4v) is 5.44. The highest BCUT2D eigenvalue weighted by Gasteiger charge is 2.55. The zero-order chi connectivity index (χ0) is 20.9. The minimum absolute atomic E-state index is 0.101. The van der Waals surface area contributed by atoms with E-state index in [2.05, 4.69) is 45.7 Å². The number of amides is 1. The third-order valence-corrected chi connectivity index (χ3v) is 10.7. The van der Waals surface area contributed by atoms with Gasteiger partial charge in [0.1, 0.15) is 12.0 Å². The number of carbonyl (C=O) groups excluding carboxylic acids is 1. The zero-order valence-electron chi connectivity index (χ0n) is 17.5. The van der Waals surface area contributed by atoms with Crippen LogP contribution in [0.15, 0.2) is 24.3 Å². The monoisotopic (exact) mass is 410 g/mol. The van der Waals surface area contributed by atoms with Crippen LogP contribution >= 0.6 is 0 Å². The molecule has 0 bridgehead atoms. The van der Waals surface area contributed by atoms with Crippen LogP contribution in [0.1, 0.15) is 27.7 Å². The number of anilines is 1. The molecule has 6 nitrogen and oxygen atoms in total. The highest BCUT2D eigenvalue weighted by molar-refractivity contribution is 6.74. The van der Waals surface area contributed by atoms with Crippen LogP contribution in [0, 0.1) is 5.82 Å². The van der Waals surface area contributed by atoms with E-state index in [1.165, 1.54) is 17.0 Å². The van der Waals surface area contributed by atoms with E-state index in [0.29, 0.717) is 18.8 Å². The van der Waals surface area contributed by atoms with Gasteiger partial charge in [-0.2, -0.15) is 0 Å². The van der Waals surface area contributed by atoms with Gasteiger partial charge in [0.15, 0.2) is 14.4 Å². The predicted molar refractivity (Wildman–Crippen MR) is 108 cm³/mol. The van der Waals surface area contributed by atoms with Crippen LogP contribution in [0.5, 0.6) is 0 Å². The zero-order valence-corrected chi connectivity index (χ0v) is 18.5. The molecule has 2 aliphatic heterocycles.